The maximum atomic E-state index is 10.7. The average Bonchev–Trinajstić information content (AvgIpc) is 3.47. The third kappa shape index (κ3) is 4.07. The van der Waals surface area contributed by atoms with Crippen molar-refractivity contribution in [2.45, 2.75) is 60.8 Å². The Morgan fingerprint density at radius 1 is 1.12 bits per heavy atom. The van der Waals surface area contributed by atoms with E-state index in [4.69, 9.17) is 16.3 Å². The minimum absolute atomic E-state index is 0.0837. The van der Waals surface area contributed by atoms with Gasteiger partial charge in [0.15, 0.2) is 23.2 Å². The fourth-order valence-electron chi connectivity index (χ4n) is 4.26. The largest absolute Gasteiger partial charge is 0.391 e. The summed E-state index contributed by atoms with van der Waals surface area (Å²) in [5.74, 6) is 0.950. The lowest BCUT2D eigenvalue weighted by molar-refractivity contribution is -0.0289. The molecule has 1 aromatic carbocycles. The first kappa shape index (κ1) is 21.9. The van der Waals surface area contributed by atoms with Crippen molar-refractivity contribution < 1.29 is 20.1 Å². The molecule has 1 saturated carbocycles. The van der Waals surface area contributed by atoms with Crippen LogP contribution in [0.5, 0.6) is 0 Å². The summed E-state index contributed by atoms with van der Waals surface area (Å²) < 4.78 is 7.64. The highest BCUT2D eigenvalue weighted by molar-refractivity contribution is 7.99. The highest BCUT2D eigenvalue weighted by Gasteiger charge is 2.44. The quantitative estimate of drug-likeness (QED) is 0.395. The van der Waals surface area contributed by atoms with E-state index in [1.165, 1.54) is 24.4 Å². The SMILES string of the molecule is OC1CCCC1Nc1ncnc2c1ncn2C1OC(CSc2ccccc2Cl)C(O)C1O. The molecule has 6 atom stereocenters. The Morgan fingerprint density at radius 2 is 1.97 bits per heavy atom. The Morgan fingerprint density at radius 3 is 2.75 bits per heavy atom. The van der Waals surface area contributed by atoms with E-state index in [1.54, 1.807) is 10.6 Å². The molecule has 3 heterocycles. The van der Waals surface area contributed by atoms with Crippen molar-refractivity contribution in [3.05, 3.63) is 41.9 Å². The first-order valence-corrected chi connectivity index (χ1v) is 11.9. The normalized spacial score (nSPS) is 30.2. The summed E-state index contributed by atoms with van der Waals surface area (Å²) in [4.78, 5) is 13.9. The molecule has 2 aliphatic rings. The second-order valence-electron chi connectivity index (χ2n) is 8.08. The van der Waals surface area contributed by atoms with Gasteiger partial charge in [-0.3, -0.25) is 4.57 Å². The fourth-order valence-corrected chi connectivity index (χ4v) is 5.56. The number of aromatic nitrogens is 4. The molecular weight excluding hydrogens is 454 g/mol. The van der Waals surface area contributed by atoms with Crippen LogP contribution in [-0.2, 0) is 4.74 Å². The minimum atomic E-state index is -1.15. The summed E-state index contributed by atoms with van der Waals surface area (Å²) in [6.07, 6.45) is 1.43. The zero-order valence-electron chi connectivity index (χ0n) is 17.1. The van der Waals surface area contributed by atoms with Gasteiger partial charge in [0.05, 0.1) is 29.6 Å². The lowest BCUT2D eigenvalue weighted by Gasteiger charge is -2.18. The number of benzene rings is 1. The standard InChI is InChI=1S/C21H24ClN5O4S/c22-11-4-1-2-7-15(11)32-8-14-17(29)18(30)21(31-14)27-10-25-16-19(23-9-24-20(16)27)26-12-5-3-6-13(12)28/h1-2,4,7,9-10,12-14,17-18,21,28-30H,3,5-6,8H2,(H,23,24,26). The molecule has 5 rings (SSSR count). The molecule has 2 aromatic heterocycles. The van der Waals surface area contributed by atoms with Crippen molar-refractivity contribution in [3.8, 4) is 0 Å². The van der Waals surface area contributed by atoms with E-state index in [0.717, 1.165) is 24.2 Å². The van der Waals surface area contributed by atoms with E-state index < -0.39 is 30.6 Å². The van der Waals surface area contributed by atoms with Gasteiger partial charge in [-0.1, -0.05) is 23.7 Å². The van der Waals surface area contributed by atoms with Gasteiger partial charge in [-0.15, -0.1) is 11.8 Å². The van der Waals surface area contributed by atoms with Gasteiger partial charge in [0.2, 0.25) is 0 Å². The molecule has 6 unspecified atom stereocenters. The molecule has 0 radical (unpaired) electrons. The number of anilines is 1. The second kappa shape index (κ2) is 9.12. The summed E-state index contributed by atoms with van der Waals surface area (Å²) in [6.45, 7) is 0. The van der Waals surface area contributed by atoms with E-state index in [-0.39, 0.29) is 6.04 Å². The Labute approximate surface area is 193 Å². The van der Waals surface area contributed by atoms with Crippen LogP contribution in [-0.4, -0.2) is 71.0 Å². The number of hydrogen-bond donors (Lipinski definition) is 4. The van der Waals surface area contributed by atoms with Gasteiger partial charge in [-0.05, 0) is 31.4 Å². The van der Waals surface area contributed by atoms with Gasteiger partial charge in [0, 0.05) is 10.6 Å². The van der Waals surface area contributed by atoms with Crippen LogP contribution in [0.15, 0.2) is 41.8 Å². The number of rotatable bonds is 6. The Bertz CT molecular complexity index is 1100. The third-order valence-corrected chi connectivity index (χ3v) is 7.62. The van der Waals surface area contributed by atoms with Crippen LogP contribution >= 0.6 is 23.4 Å². The summed E-state index contributed by atoms with van der Waals surface area (Å²) >= 11 is 7.67. The first-order chi connectivity index (χ1) is 15.5. The molecule has 4 N–H and O–H groups in total. The number of ether oxygens (including phenoxy) is 1. The summed E-state index contributed by atoms with van der Waals surface area (Å²) in [6, 6.07) is 7.37. The smallest absolute Gasteiger partial charge is 0.167 e. The molecule has 11 heteroatoms. The monoisotopic (exact) mass is 477 g/mol. The van der Waals surface area contributed by atoms with Crippen molar-refractivity contribution in [2.24, 2.45) is 0 Å². The predicted octanol–water partition coefficient (Wildman–Crippen LogP) is 2.22. The Balaban J connectivity index is 1.34. The highest BCUT2D eigenvalue weighted by atomic mass is 35.5. The molecule has 170 valence electrons. The topological polar surface area (TPSA) is 126 Å². The zero-order valence-corrected chi connectivity index (χ0v) is 18.7. The Hall–Kier alpha value is -1.95. The van der Waals surface area contributed by atoms with Crippen molar-refractivity contribution in [1.82, 2.24) is 19.5 Å². The van der Waals surface area contributed by atoms with Gasteiger partial charge in [0.25, 0.3) is 0 Å². The van der Waals surface area contributed by atoms with Crippen molar-refractivity contribution >= 4 is 40.3 Å². The number of fused-ring (bicyclic) bond motifs is 1. The predicted molar refractivity (Wildman–Crippen MR) is 121 cm³/mol. The summed E-state index contributed by atoms with van der Waals surface area (Å²) in [5.41, 5.74) is 0.997. The molecule has 1 aliphatic carbocycles. The van der Waals surface area contributed by atoms with Crippen molar-refractivity contribution in [1.29, 1.82) is 0 Å². The van der Waals surface area contributed by atoms with E-state index in [2.05, 4.69) is 20.3 Å². The van der Waals surface area contributed by atoms with E-state index >= 15 is 0 Å². The molecule has 9 nitrogen and oxygen atoms in total. The van der Waals surface area contributed by atoms with E-state index in [1.807, 2.05) is 18.2 Å². The first-order valence-electron chi connectivity index (χ1n) is 10.5. The highest BCUT2D eigenvalue weighted by Crippen LogP contribution is 2.36. The van der Waals surface area contributed by atoms with Crippen molar-refractivity contribution in [2.75, 3.05) is 11.1 Å². The van der Waals surface area contributed by atoms with Gasteiger partial charge < -0.3 is 25.4 Å². The number of nitrogens with zero attached hydrogens (tertiary/aromatic N) is 4. The lowest BCUT2D eigenvalue weighted by Crippen LogP contribution is -2.32. The molecule has 1 aliphatic heterocycles. The van der Waals surface area contributed by atoms with Crippen LogP contribution in [0.25, 0.3) is 11.2 Å². The lowest BCUT2D eigenvalue weighted by atomic mass is 10.1. The van der Waals surface area contributed by atoms with Crippen LogP contribution in [0.3, 0.4) is 0 Å². The van der Waals surface area contributed by atoms with Crippen molar-refractivity contribution in [3.63, 3.8) is 0 Å². The van der Waals surface area contributed by atoms with E-state index in [9.17, 15) is 15.3 Å². The molecule has 0 spiro atoms. The maximum absolute atomic E-state index is 10.7. The number of aliphatic hydroxyl groups is 3. The fraction of sp³-hybridized carbons (Fsp3) is 0.476. The number of hydrogen-bond acceptors (Lipinski definition) is 9. The minimum Gasteiger partial charge on any atom is -0.391 e. The second-order valence-corrected chi connectivity index (χ2v) is 9.55. The summed E-state index contributed by atoms with van der Waals surface area (Å²) in [7, 11) is 0. The molecule has 0 bridgehead atoms. The molecule has 3 aromatic rings. The van der Waals surface area contributed by atoms with Gasteiger partial charge >= 0.3 is 0 Å². The van der Waals surface area contributed by atoms with Crippen LogP contribution < -0.4 is 5.32 Å². The Kier molecular flexibility index (Phi) is 6.24. The van der Waals surface area contributed by atoms with Gasteiger partial charge in [0.1, 0.15) is 18.5 Å². The van der Waals surface area contributed by atoms with Crippen LogP contribution in [0.2, 0.25) is 5.02 Å². The molecule has 0 amide bonds. The van der Waals surface area contributed by atoms with Crippen LogP contribution in [0.4, 0.5) is 5.82 Å². The number of imidazole rings is 1. The molecule has 32 heavy (non-hydrogen) atoms. The van der Waals surface area contributed by atoms with Gasteiger partial charge in [-0.25, -0.2) is 15.0 Å². The van der Waals surface area contributed by atoms with Gasteiger partial charge in [-0.2, -0.15) is 0 Å². The van der Waals surface area contributed by atoms with Crippen LogP contribution in [0.1, 0.15) is 25.5 Å². The average molecular weight is 478 g/mol. The molecule has 1 saturated heterocycles. The van der Waals surface area contributed by atoms with Crippen LogP contribution in [0, 0.1) is 0 Å². The number of aliphatic hydroxyl groups excluding tert-OH is 3. The molecule has 2 fully saturated rings. The maximum Gasteiger partial charge on any atom is 0.167 e. The number of nitrogens with one attached hydrogen (secondary N) is 1. The molecular formula is C21H24ClN5O4S. The zero-order chi connectivity index (χ0) is 22.2. The third-order valence-electron chi connectivity index (χ3n) is 6.01. The summed E-state index contributed by atoms with van der Waals surface area (Å²) in [5, 5.41) is 35.3. The number of halogens is 1. The number of thioether (sulfide) groups is 1. The van der Waals surface area contributed by atoms with E-state index in [0.29, 0.717) is 27.8 Å².